The molecule has 1 aromatic heterocycles. The Morgan fingerprint density at radius 3 is 2.65 bits per heavy atom. The van der Waals surface area contributed by atoms with Crippen LogP contribution in [0.1, 0.15) is 37.6 Å². The van der Waals surface area contributed by atoms with E-state index in [-0.39, 0.29) is 17.4 Å². The van der Waals surface area contributed by atoms with Gasteiger partial charge in [0, 0.05) is 11.4 Å². The Bertz CT molecular complexity index is 362. The molecule has 1 atom stereocenters. The maximum absolute atomic E-state index is 12.0. The highest BCUT2D eigenvalue weighted by atomic mass is 79.9. The zero-order valence-corrected chi connectivity index (χ0v) is 12.0. The normalized spacial score (nSPS) is 13.2. The van der Waals surface area contributed by atoms with Crippen molar-refractivity contribution in [3.8, 4) is 0 Å². The van der Waals surface area contributed by atoms with Gasteiger partial charge in [-0.3, -0.25) is 4.79 Å². The zero-order valence-electron chi connectivity index (χ0n) is 10.4. The molecular weight excluding hydrogens is 282 g/mol. The van der Waals surface area contributed by atoms with Crippen LogP contribution in [0.25, 0.3) is 0 Å². The summed E-state index contributed by atoms with van der Waals surface area (Å²) in [6.45, 7) is 6.35. The van der Waals surface area contributed by atoms with E-state index in [1.165, 1.54) is 12.4 Å². The third-order valence-corrected chi connectivity index (χ3v) is 3.05. The molecule has 1 aromatic rings. The molecule has 0 spiro atoms. The predicted molar refractivity (Wildman–Crippen MR) is 71.2 cm³/mol. The van der Waals surface area contributed by atoms with Crippen LogP contribution in [-0.4, -0.2) is 27.5 Å². The molecule has 0 saturated carbocycles. The highest BCUT2D eigenvalue weighted by molar-refractivity contribution is 9.09. The number of carbonyl (C=O) groups excluding carboxylic acids is 1. The molecule has 4 nitrogen and oxygen atoms in total. The van der Waals surface area contributed by atoms with E-state index in [0.29, 0.717) is 5.56 Å². The number of halogens is 1. The summed E-state index contributed by atoms with van der Waals surface area (Å²) in [7, 11) is 0. The average molecular weight is 300 g/mol. The van der Waals surface area contributed by atoms with Crippen LogP contribution in [0.4, 0.5) is 0 Å². The molecule has 0 bridgehead atoms. The molecule has 0 aromatic carbocycles. The average Bonchev–Trinajstić information content (AvgIpc) is 2.28. The van der Waals surface area contributed by atoms with Gasteiger partial charge in [0.15, 0.2) is 0 Å². The summed E-state index contributed by atoms with van der Waals surface area (Å²) in [6, 6.07) is 1.79. The van der Waals surface area contributed by atoms with Gasteiger partial charge < -0.3 is 5.32 Å². The molecule has 0 saturated heterocycles. The van der Waals surface area contributed by atoms with Gasteiger partial charge in [0.25, 0.3) is 5.91 Å². The largest absolute Gasteiger partial charge is 0.349 e. The second-order valence-electron chi connectivity index (χ2n) is 5.00. The summed E-state index contributed by atoms with van der Waals surface area (Å²) in [5, 5.41) is 11.3. The van der Waals surface area contributed by atoms with Crippen molar-refractivity contribution in [2.75, 3.05) is 5.33 Å². The molecular formula is C12H18BrN3O. The highest BCUT2D eigenvalue weighted by Crippen LogP contribution is 2.22. The Hall–Kier alpha value is -0.970. The lowest BCUT2D eigenvalue weighted by Gasteiger charge is -2.31. The highest BCUT2D eigenvalue weighted by Gasteiger charge is 2.25. The Morgan fingerprint density at radius 1 is 1.47 bits per heavy atom. The summed E-state index contributed by atoms with van der Waals surface area (Å²) in [5.41, 5.74) is 0.577. The van der Waals surface area contributed by atoms with Gasteiger partial charge in [0.05, 0.1) is 18.0 Å². The summed E-state index contributed by atoms with van der Waals surface area (Å²) in [5.74, 6) is -0.0965. The first-order valence-electron chi connectivity index (χ1n) is 5.58. The van der Waals surface area contributed by atoms with E-state index in [1.54, 1.807) is 6.07 Å². The van der Waals surface area contributed by atoms with Crippen molar-refractivity contribution in [2.24, 2.45) is 5.41 Å². The summed E-state index contributed by atoms with van der Waals surface area (Å²) >= 11 is 3.42. The van der Waals surface area contributed by atoms with E-state index >= 15 is 0 Å². The topological polar surface area (TPSA) is 54.9 Å². The van der Waals surface area contributed by atoms with Crippen LogP contribution in [-0.2, 0) is 0 Å². The summed E-state index contributed by atoms with van der Waals surface area (Å²) in [4.78, 5) is 12.0. The number of hydrogen-bond donors (Lipinski definition) is 1. The SMILES string of the molecule is CC(C)(C)C(CCBr)NC(=O)c1ccnnc1. The minimum absolute atomic E-state index is 0.0316. The second-order valence-corrected chi connectivity index (χ2v) is 5.79. The molecule has 1 rings (SSSR count). The molecule has 0 aliphatic heterocycles. The molecule has 17 heavy (non-hydrogen) atoms. The van der Waals surface area contributed by atoms with Crippen LogP contribution in [0, 0.1) is 5.41 Å². The van der Waals surface area contributed by atoms with Crippen LogP contribution in [0.3, 0.4) is 0 Å². The van der Waals surface area contributed by atoms with E-state index in [4.69, 9.17) is 0 Å². The number of nitrogens with one attached hydrogen (secondary N) is 1. The minimum Gasteiger partial charge on any atom is -0.349 e. The molecule has 1 heterocycles. The summed E-state index contributed by atoms with van der Waals surface area (Å²) < 4.78 is 0. The van der Waals surface area contributed by atoms with Gasteiger partial charge in [-0.15, -0.1) is 0 Å². The lowest BCUT2D eigenvalue weighted by atomic mass is 9.85. The molecule has 0 aliphatic rings. The maximum atomic E-state index is 12.0. The standard InChI is InChI=1S/C12H18BrN3O/c1-12(2,3)10(4-6-13)16-11(17)9-5-7-14-15-8-9/h5,7-8,10H,4,6H2,1-3H3,(H,16,17). The monoisotopic (exact) mass is 299 g/mol. The number of amides is 1. The number of aromatic nitrogens is 2. The van der Waals surface area contributed by atoms with Crippen molar-refractivity contribution < 1.29 is 4.79 Å². The number of carbonyl (C=O) groups is 1. The van der Waals surface area contributed by atoms with Gasteiger partial charge in [0.1, 0.15) is 0 Å². The van der Waals surface area contributed by atoms with Gasteiger partial charge in [-0.1, -0.05) is 36.7 Å². The second kappa shape index (κ2) is 6.10. The van der Waals surface area contributed by atoms with Gasteiger partial charge >= 0.3 is 0 Å². The van der Waals surface area contributed by atoms with Crippen molar-refractivity contribution >= 4 is 21.8 Å². The van der Waals surface area contributed by atoms with E-state index in [9.17, 15) is 4.79 Å². The molecule has 5 heteroatoms. The van der Waals surface area contributed by atoms with Gasteiger partial charge in [-0.25, -0.2) is 0 Å². The van der Waals surface area contributed by atoms with Crippen LogP contribution in [0.15, 0.2) is 18.5 Å². The smallest absolute Gasteiger partial charge is 0.253 e. The number of rotatable bonds is 4. The van der Waals surface area contributed by atoms with Crippen LogP contribution < -0.4 is 5.32 Å². The molecule has 0 radical (unpaired) electrons. The van der Waals surface area contributed by atoms with Gasteiger partial charge in [-0.05, 0) is 17.9 Å². The third kappa shape index (κ3) is 4.42. The van der Waals surface area contributed by atoms with Crippen molar-refractivity contribution in [1.82, 2.24) is 15.5 Å². The lowest BCUT2D eigenvalue weighted by molar-refractivity contribution is 0.0900. The van der Waals surface area contributed by atoms with Crippen molar-refractivity contribution in [1.29, 1.82) is 0 Å². The fourth-order valence-corrected chi connectivity index (χ4v) is 1.96. The zero-order chi connectivity index (χ0) is 12.9. The quantitative estimate of drug-likeness (QED) is 0.869. The lowest BCUT2D eigenvalue weighted by Crippen LogP contribution is -2.44. The van der Waals surface area contributed by atoms with Crippen molar-refractivity contribution in [2.45, 2.75) is 33.2 Å². The molecule has 1 unspecified atom stereocenters. The van der Waals surface area contributed by atoms with Crippen molar-refractivity contribution in [3.05, 3.63) is 24.0 Å². The molecule has 94 valence electrons. The number of nitrogens with zero attached hydrogens (tertiary/aromatic N) is 2. The van der Waals surface area contributed by atoms with E-state index < -0.39 is 0 Å². The first-order chi connectivity index (χ1) is 7.95. The molecule has 0 aliphatic carbocycles. The van der Waals surface area contributed by atoms with Gasteiger partial charge in [0.2, 0.25) is 0 Å². The fraction of sp³-hybridized carbons (Fsp3) is 0.583. The fourth-order valence-electron chi connectivity index (χ4n) is 1.50. The van der Waals surface area contributed by atoms with E-state index in [0.717, 1.165) is 11.8 Å². The van der Waals surface area contributed by atoms with Crippen LogP contribution in [0.5, 0.6) is 0 Å². The summed E-state index contributed by atoms with van der Waals surface area (Å²) in [6.07, 6.45) is 3.89. The first-order valence-corrected chi connectivity index (χ1v) is 6.71. The Kier molecular flexibility index (Phi) is 5.05. The Balaban J connectivity index is 2.71. The molecule has 1 amide bonds. The van der Waals surface area contributed by atoms with E-state index in [1.807, 2.05) is 0 Å². The Morgan fingerprint density at radius 2 is 2.18 bits per heavy atom. The number of alkyl halides is 1. The van der Waals surface area contributed by atoms with Gasteiger partial charge in [-0.2, -0.15) is 10.2 Å². The van der Waals surface area contributed by atoms with E-state index in [2.05, 4.69) is 52.2 Å². The minimum atomic E-state index is -0.0965. The Labute approximate surface area is 110 Å². The van der Waals surface area contributed by atoms with Crippen molar-refractivity contribution in [3.63, 3.8) is 0 Å². The van der Waals surface area contributed by atoms with Crippen LogP contribution in [0.2, 0.25) is 0 Å². The predicted octanol–water partition coefficient (Wildman–Crippen LogP) is 2.41. The number of hydrogen-bond acceptors (Lipinski definition) is 3. The maximum Gasteiger partial charge on any atom is 0.253 e. The molecule has 0 fully saturated rings. The molecule has 1 N–H and O–H groups in total. The van der Waals surface area contributed by atoms with Crippen LogP contribution >= 0.6 is 15.9 Å². The first kappa shape index (κ1) is 14.1. The third-order valence-electron chi connectivity index (χ3n) is 2.59.